The van der Waals surface area contributed by atoms with Crippen LogP contribution in [0.5, 0.6) is 5.75 Å². The number of hydrogen-bond acceptors (Lipinski definition) is 9. The highest BCUT2D eigenvalue weighted by atomic mass is 32.2. The van der Waals surface area contributed by atoms with Crippen molar-refractivity contribution in [3.8, 4) is 5.75 Å². The molecule has 1 atom stereocenters. The van der Waals surface area contributed by atoms with E-state index in [1.165, 1.54) is 12.3 Å². The first-order valence-corrected chi connectivity index (χ1v) is 15.3. The van der Waals surface area contributed by atoms with Gasteiger partial charge >= 0.3 is 34.1 Å². The lowest BCUT2D eigenvalue weighted by Crippen LogP contribution is -2.68. The fraction of sp³-hybridized carbons (Fsp3) is 0.241. The third kappa shape index (κ3) is 6.99. The number of urea groups is 1. The molecule has 5 rings (SSSR count). The summed E-state index contributed by atoms with van der Waals surface area (Å²) in [6.45, 7) is -0.991. The van der Waals surface area contributed by atoms with E-state index in [9.17, 15) is 37.2 Å². The molecule has 240 valence electrons. The number of hydrogen-bond donors (Lipinski definition) is 3. The fourth-order valence-electron chi connectivity index (χ4n) is 4.82. The van der Waals surface area contributed by atoms with Gasteiger partial charge in [0, 0.05) is 24.8 Å². The van der Waals surface area contributed by atoms with Crippen molar-refractivity contribution in [1.29, 1.82) is 0 Å². The Bertz CT molecular complexity index is 1850. The Morgan fingerprint density at radius 2 is 1.54 bits per heavy atom. The third-order valence-electron chi connectivity index (χ3n) is 7.22. The molecule has 0 bridgehead atoms. The Kier molecular flexibility index (Phi) is 9.04. The van der Waals surface area contributed by atoms with Crippen LogP contribution in [0.2, 0.25) is 0 Å². The number of benzene rings is 2. The largest absolute Gasteiger partial charge is 0.483 e. The summed E-state index contributed by atoms with van der Waals surface area (Å²) in [5, 5.41) is 10.6. The maximum atomic E-state index is 13.1. The van der Waals surface area contributed by atoms with E-state index in [0.29, 0.717) is 17.1 Å². The average molecular weight is 653 g/mol. The second-order valence-electron chi connectivity index (χ2n) is 10.3. The van der Waals surface area contributed by atoms with Gasteiger partial charge < -0.3 is 24.6 Å². The van der Waals surface area contributed by atoms with E-state index >= 15 is 0 Å². The highest BCUT2D eigenvalue weighted by molar-refractivity contribution is 7.88. The number of aromatic nitrogens is 1. The Morgan fingerprint density at radius 3 is 2.17 bits per heavy atom. The normalized spacial score (nSPS) is 16.6. The summed E-state index contributed by atoms with van der Waals surface area (Å²) in [5.41, 5.74) is 1.62. The molecule has 1 aromatic heterocycles. The van der Waals surface area contributed by atoms with Crippen molar-refractivity contribution < 1.29 is 42.2 Å². The van der Waals surface area contributed by atoms with Crippen LogP contribution in [0.15, 0.2) is 77.7 Å². The molecular weight excluding hydrogens is 624 g/mol. The van der Waals surface area contributed by atoms with Gasteiger partial charge in [-0.25, -0.2) is 18.6 Å². The number of ether oxygens (including phenoxy) is 1. The zero-order valence-electron chi connectivity index (χ0n) is 24.1. The molecule has 0 spiro atoms. The zero-order chi connectivity index (χ0) is 33.0. The van der Waals surface area contributed by atoms with Crippen LogP contribution in [0.4, 0.5) is 9.59 Å². The Balaban J connectivity index is 1.29. The predicted molar refractivity (Wildman–Crippen MR) is 158 cm³/mol. The van der Waals surface area contributed by atoms with Crippen molar-refractivity contribution in [2.75, 3.05) is 19.6 Å². The molecule has 2 fully saturated rings. The molecule has 0 radical (unpaired) electrons. The number of pyridine rings is 1. The summed E-state index contributed by atoms with van der Waals surface area (Å²) in [7, 11) is -4.90. The molecule has 3 heterocycles. The minimum absolute atomic E-state index is 0.0725. The molecule has 2 aromatic carbocycles. The number of imide groups is 1. The van der Waals surface area contributed by atoms with Crippen LogP contribution in [0.25, 0.3) is 0 Å². The number of nitrogens with zero attached hydrogens (tertiary/aromatic N) is 4. The minimum atomic E-state index is -4.90. The van der Waals surface area contributed by atoms with Gasteiger partial charge in [0.2, 0.25) is 5.43 Å². The van der Waals surface area contributed by atoms with Crippen LogP contribution in [-0.4, -0.2) is 87.7 Å². The van der Waals surface area contributed by atoms with Crippen molar-refractivity contribution in [1.82, 2.24) is 28.7 Å². The standard InChI is InChI=1S/C29H28N6O10S/c36-23-13-21(33(14-19-7-3-1-4-8-19)17-24(23)45-18-20-9-5-2-6-10-20)15-32-11-12-35(27(39)26(32)38)46(43,44)31-28(40)34-16-22(25(34)37)30-29(41)42/h1-10,13,17,22,30H,11-12,14-16,18H2,(H,31,40)(H,41,42). The number of β-lactam (4-membered cyclic amide) rings is 1. The van der Waals surface area contributed by atoms with E-state index in [1.54, 1.807) is 9.29 Å². The molecule has 1 unspecified atom stereocenters. The van der Waals surface area contributed by atoms with Crippen LogP contribution >= 0.6 is 0 Å². The van der Waals surface area contributed by atoms with Crippen LogP contribution in [0, 0.1) is 0 Å². The predicted octanol–water partition coefficient (Wildman–Crippen LogP) is 0.0792. The number of carbonyl (C=O) groups is 5. The van der Waals surface area contributed by atoms with E-state index in [-0.39, 0.29) is 29.8 Å². The lowest BCUT2D eigenvalue weighted by Gasteiger charge is -2.37. The molecule has 3 aromatic rings. The maximum Gasteiger partial charge on any atom is 0.405 e. The van der Waals surface area contributed by atoms with Gasteiger partial charge in [-0.2, -0.15) is 8.42 Å². The summed E-state index contributed by atoms with van der Waals surface area (Å²) in [4.78, 5) is 75.6. The summed E-state index contributed by atoms with van der Waals surface area (Å²) in [5.74, 6) is -3.56. The number of carboxylic acid groups (broad SMARTS) is 1. The van der Waals surface area contributed by atoms with Crippen molar-refractivity contribution in [3.63, 3.8) is 0 Å². The second kappa shape index (κ2) is 13.1. The number of nitrogens with one attached hydrogen (secondary N) is 2. The SMILES string of the molecule is O=C(O)NC1CN(C(=O)NS(=O)(=O)N2CCN(Cc3cc(=O)c(OCc4ccccc4)cn3Cc3ccccc3)C(=O)C2=O)C1=O. The van der Waals surface area contributed by atoms with Crippen molar-refractivity contribution in [3.05, 3.63) is 100.0 Å². The minimum Gasteiger partial charge on any atom is -0.483 e. The van der Waals surface area contributed by atoms with Crippen LogP contribution in [-0.2, 0) is 44.3 Å². The van der Waals surface area contributed by atoms with Crippen molar-refractivity contribution in [2.24, 2.45) is 0 Å². The molecule has 0 aliphatic carbocycles. The Morgan fingerprint density at radius 1 is 0.891 bits per heavy atom. The monoisotopic (exact) mass is 652 g/mol. The summed E-state index contributed by atoms with van der Waals surface area (Å²) in [6.07, 6.45) is 0.0152. The third-order valence-corrected chi connectivity index (χ3v) is 8.58. The molecule has 16 nitrogen and oxygen atoms in total. The maximum absolute atomic E-state index is 13.1. The van der Waals surface area contributed by atoms with E-state index < -0.39 is 64.6 Å². The molecule has 46 heavy (non-hydrogen) atoms. The second-order valence-corrected chi connectivity index (χ2v) is 11.9. The molecule has 3 N–H and O–H groups in total. The van der Waals surface area contributed by atoms with E-state index in [4.69, 9.17) is 9.84 Å². The first-order chi connectivity index (χ1) is 21.9. The summed E-state index contributed by atoms with van der Waals surface area (Å²) >= 11 is 0. The molecular formula is C29H28N6O10S. The zero-order valence-corrected chi connectivity index (χ0v) is 24.9. The van der Waals surface area contributed by atoms with Crippen LogP contribution < -0.4 is 20.2 Å². The van der Waals surface area contributed by atoms with Gasteiger partial charge in [-0.15, -0.1) is 0 Å². The highest BCUT2D eigenvalue weighted by Crippen LogP contribution is 2.18. The number of amides is 6. The van der Waals surface area contributed by atoms with Gasteiger partial charge in [0.1, 0.15) is 12.6 Å². The number of rotatable bonds is 10. The molecule has 0 saturated carbocycles. The van der Waals surface area contributed by atoms with E-state index in [1.807, 2.05) is 66.0 Å². The molecule has 17 heteroatoms. The average Bonchev–Trinajstić information content (AvgIpc) is 3.02. The van der Waals surface area contributed by atoms with Crippen LogP contribution in [0.3, 0.4) is 0 Å². The molecule has 2 aliphatic heterocycles. The molecule has 6 amide bonds. The van der Waals surface area contributed by atoms with E-state index in [0.717, 1.165) is 16.0 Å². The Labute approximate surface area is 261 Å². The highest BCUT2D eigenvalue weighted by Gasteiger charge is 2.45. The number of carbonyl (C=O) groups excluding carboxylic acids is 4. The van der Waals surface area contributed by atoms with Gasteiger partial charge in [0.15, 0.2) is 5.75 Å². The van der Waals surface area contributed by atoms with Gasteiger partial charge in [0.05, 0.1) is 25.8 Å². The Hall–Kier alpha value is -5.71. The van der Waals surface area contributed by atoms with Gasteiger partial charge in [-0.1, -0.05) is 60.7 Å². The van der Waals surface area contributed by atoms with Gasteiger partial charge in [-0.05, 0) is 11.1 Å². The molecule has 2 aliphatic rings. The first-order valence-electron chi connectivity index (χ1n) is 13.9. The number of piperazine rings is 1. The first kappa shape index (κ1) is 31.7. The fourth-order valence-corrected chi connectivity index (χ4v) is 5.88. The molecule has 2 saturated heterocycles. The number of likely N-dealkylation sites (tertiary alicyclic amines) is 1. The summed E-state index contributed by atoms with van der Waals surface area (Å²) in [6, 6.07) is 17.2. The lowest BCUT2D eigenvalue weighted by molar-refractivity contribution is -0.152. The van der Waals surface area contributed by atoms with E-state index in [2.05, 4.69) is 0 Å². The van der Waals surface area contributed by atoms with Gasteiger partial charge in [-0.3, -0.25) is 24.1 Å². The summed E-state index contributed by atoms with van der Waals surface area (Å²) < 4.78 is 34.9. The van der Waals surface area contributed by atoms with Crippen molar-refractivity contribution in [2.45, 2.75) is 25.7 Å². The quantitative estimate of drug-likeness (QED) is 0.199. The topological polar surface area (TPSA) is 205 Å². The van der Waals surface area contributed by atoms with Gasteiger partial charge in [0.25, 0.3) is 5.91 Å². The smallest absolute Gasteiger partial charge is 0.405 e. The van der Waals surface area contributed by atoms with Crippen molar-refractivity contribution >= 4 is 40.1 Å². The lowest BCUT2D eigenvalue weighted by atomic mass is 10.1. The van der Waals surface area contributed by atoms with Crippen LogP contribution in [0.1, 0.15) is 16.8 Å².